The molecule has 104 valence electrons. The maximum absolute atomic E-state index is 11.3. The summed E-state index contributed by atoms with van der Waals surface area (Å²) in [6.07, 6.45) is 0. The molecule has 1 rings (SSSR count). The smallest absolute Gasteiger partial charge is 0.328 e. The zero-order chi connectivity index (χ0) is 13.4. The number of aliphatic carboxylic acids is 1. The lowest BCUT2D eigenvalue weighted by atomic mass is 10.3. The maximum atomic E-state index is 11.3. The van der Waals surface area contributed by atoms with E-state index in [9.17, 15) is 9.59 Å². The molecule has 1 atom stereocenters. The van der Waals surface area contributed by atoms with Crippen LogP contribution in [0, 0.1) is 0 Å². The van der Waals surface area contributed by atoms with Crippen LogP contribution in [0.3, 0.4) is 0 Å². The molecule has 0 aliphatic carbocycles. The quantitative estimate of drug-likeness (QED) is 0.443. The highest BCUT2D eigenvalue weighted by Gasteiger charge is 2.18. The summed E-state index contributed by atoms with van der Waals surface area (Å²) in [6, 6.07) is -1.86. The Hall–Kier alpha value is -1.38. The Kier molecular flexibility index (Phi) is 6.40. The van der Waals surface area contributed by atoms with Crippen LogP contribution in [0.25, 0.3) is 0 Å². The van der Waals surface area contributed by atoms with Crippen molar-refractivity contribution < 1.29 is 24.5 Å². The van der Waals surface area contributed by atoms with Gasteiger partial charge in [-0.05, 0) is 0 Å². The summed E-state index contributed by atoms with van der Waals surface area (Å²) in [7, 11) is 0. The van der Waals surface area contributed by atoms with Gasteiger partial charge in [-0.1, -0.05) is 0 Å². The lowest BCUT2D eigenvalue weighted by molar-refractivity contribution is -0.140. The van der Waals surface area contributed by atoms with E-state index >= 15 is 0 Å². The lowest BCUT2D eigenvalue weighted by Gasteiger charge is -2.26. The lowest BCUT2D eigenvalue weighted by Crippen LogP contribution is -2.49. The van der Waals surface area contributed by atoms with Gasteiger partial charge in [-0.3, -0.25) is 4.90 Å². The molecule has 18 heavy (non-hydrogen) atoms. The highest BCUT2D eigenvalue weighted by Crippen LogP contribution is 1.94. The minimum Gasteiger partial charge on any atom is -0.480 e. The van der Waals surface area contributed by atoms with Crippen LogP contribution >= 0.6 is 0 Å². The Bertz CT molecular complexity index is 281. The van der Waals surface area contributed by atoms with E-state index in [4.69, 9.17) is 14.9 Å². The van der Waals surface area contributed by atoms with Gasteiger partial charge in [0.1, 0.15) is 0 Å². The Balaban J connectivity index is 2.14. The van der Waals surface area contributed by atoms with Crippen LogP contribution < -0.4 is 10.6 Å². The average Bonchev–Trinajstić information content (AvgIpc) is 2.37. The van der Waals surface area contributed by atoms with E-state index < -0.39 is 24.6 Å². The van der Waals surface area contributed by atoms with Crippen molar-refractivity contribution >= 4 is 12.0 Å². The number of carboxylic acid groups (broad SMARTS) is 1. The number of carbonyl (C=O) groups excluding carboxylic acids is 1. The van der Waals surface area contributed by atoms with E-state index in [1.54, 1.807) is 0 Å². The van der Waals surface area contributed by atoms with Crippen LogP contribution in [0.15, 0.2) is 0 Å². The monoisotopic (exact) mass is 261 g/mol. The first-order valence-electron chi connectivity index (χ1n) is 5.81. The van der Waals surface area contributed by atoms with E-state index in [2.05, 4.69) is 15.5 Å². The van der Waals surface area contributed by atoms with Crippen molar-refractivity contribution in [1.29, 1.82) is 0 Å². The van der Waals surface area contributed by atoms with Gasteiger partial charge in [0.15, 0.2) is 6.04 Å². The number of aliphatic hydroxyl groups excluding tert-OH is 1. The Morgan fingerprint density at radius 1 is 1.33 bits per heavy atom. The highest BCUT2D eigenvalue weighted by molar-refractivity contribution is 5.82. The van der Waals surface area contributed by atoms with Crippen molar-refractivity contribution in [3.8, 4) is 0 Å². The number of ether oxygens (including phenoxy) is 1. The molecule has 8 nitrogen and oxygen atoms in total. The molecule has 0 spiro atoms. The normalized spacial score (nSPS) is 18.1. The molecular formula is C10H19N3O5. The molecule has 1 fully saturated rings. The molecule has 0 bridgehead atoms. The molecule has 0 aromatic heterocycles. The largest absolute Gasteiger partial charge is 0.480 e. The molecule has 1 aliphatic heterocycles. The van der Waals surface area contributed by atoms with Gasteiger partial charge in [0.05, 0.1) is 19.8 Å². The van der Waals surface area contributed by atoms with Crippen molar-refractivity contribution in [3.63, 3.8) is 0 Å². The molecule has 0 radical (unpaired) electrons. The van der Waals surface area contributed by atoms with Crippen LogP contribution in [0.4, 0.5) is 4.79 Å². The second kappa shape index (κ2) is 7.85. The summed E-state index contributed by atoms with van der Waals surface area (Å²) in [4.78, 5) is 24.0. The summed E-state index contributed by atoms with van der Waals surface area (Å²) in [5, 5.41) is 22.1. The van der Waals surface area contributed by atoms with Gasteiger partial charge in [0.25, 0.3) is 0 Å². The summed E-state index contributed by atoms with van der Waals surface area (Å²) in [5.41, 5.74) is 0. The molecule has 8 heteroatoms. The van der Waals surface area contributed by atoms with Gasteiger partial charge in [-0.15, -0.1) is 0 Å². The van der Waals surface area contributed by atoms with Crippen LogP contribution in [-0.4, -0.2) is 79.2 Å². The standard InChI is InChI=1S/C10H19N3O5/c14-7-8(9(15)16)12-10(17)11-1-2-13-3-5-18-6-4-13/h8,14H,1-7H2,(H,15,16)(H2,11,12,17). The summed E-state index contributed by atoms with van der Waals surface area (Å²) >= 11 is 0. The van der Waals surface area contributed by atoms with Gasteiger partial charge >= 0.3 is 12.0 Å². The fourth-order valence-electron chi connectivity index (χ4n) is 1.55. The number of carboxylic acids is 1. The molecule has 1 saturated heterocycles. The van der Waals surface area contributed by atoms with Gasteiger partial charge in [0.2, 0.25) is 0 Å². The van der Waals surface area contributed by atoms with Crippen LogP contribution in [-0.2, 0) is 9.53 Å². The molecule has 0 saturated carbocycles. The number of urea groups is 1. The third-order valence-corrected chi connectivity index (χ3v) is 2.60. The summed E-state index contributed by atoms with van der Waals surface area (Å²) in [6.45, 7) is 3.52. The topological polar surface area (TPSA) is 111 Å². The first kappa shape index (κ1) is 14.7. The second-order valence-corrected chi connectivity index (χ2v) is 3.93. The Morgan fingerprint density at radius 2 is 2.00 bits per heavy atom. The molecule has 1 aliphatic rings. The fraction of sp³-hybridized carbons (Fsp3) is 0.800. The van der Waals surface area contributed by atoms with Gasteiger partial charge in [0, 0.05) is 26.2 Å². The highest BCUT2D eigenvalue weighted by atomic mass is 16.5. The number of carbonyl (C=O) groups is 2. The minimum atomic E-state index is -1.27. The van der Waals surface area contributed by atoms with Crippen LogP contribution in [0.1, 0.15) is 0 Å². The molecular weight excluding hydrogens is 242 g/mol. The maximum Gasteiger partial charge on any atom is 0.328 e. The molecule has 2 amide bonds. The molecule has 1 heterocycles. The van der Waals surface area contributed by atoms with Crippen LogP contribution in [0.5, 0.6) is 0 Å². The third kappa shape index (κ3) is 5.30. The number of hydrogen-bond donors (Lipinski definition) is 4. The number of hydrogen-bond acceptors (Lipinski definition) is 5. The van der Waals surface area contributed by atoms with Crippen molar-refractivity contribution in [2.45, 2.75) is 6.04 Å². The van der Waals surface area contributed by atoms with Gasteiger partial charge < -0.3 is 25.6 Å². The SMILES string of the molecule is O=C(NCCN1CCOCC1)NC(CO)C(=O)O. The summed E-state index contributed by atoms with van der Waals surface area (Å²) < 4.78 is 5.19. The van der Waals surface area contributed by atoms with E-state index in [0.29, 0.717) is 26.3 Å². The average molecular weight is 261 g/mol. The van der Waals surface area contributed by atoms with Gasteiger partial charge in [-0.25, -0.2) is 9.59 Å². The van der Waals surface area contributed by atoms with E-state index in [1.165, 1.54) is 0 Å². The van der Waals surface area contributed by atoms with Crippen molar-refractivity contribution in [2.24, 2.45) is 0 Å². The van der Waals surface area contributed by atoms with Crippen molar-refractivity contribution in [3.05, 3.63) is 0 Å². The summed E-state index contributed by atoms with van der Waals surface area (Å²) in [5.74, 6) is -1.26. The number of aliphatic hydroxyl groups is 1. The third-order valence-electron chi connectivity index (χ3n) is 2.60. The molecule has 1 unspecified atom stereocenters. The zero-order valence-electron chi connectivity index (χ0n) is 10.1. The van der Waals surface area contributed by atoms with E-state index in [1.807, 2.05) is 0 Å². The number of amides is 2. The predicted molar refractivity (Wildman–Crippen MR) is 62.3 cm³/mol. The number of nitrogens with one attached hydrogen (secondary N) is 2. The predicted octanol–water partition coefficient (Wildman–Crippen LogP) is -1.94. The number of rotatable bonds is 6. The van der Waals surface area contributed by atoms with Crippen LogP contribution in [0.2, 0.25) is 0 Å². The van der Waals surface area contributed by atoms with Crippen molar-refractivity contribution in [2.75, 3.05) is 46.0 Å². The fourth-order valence-corrected chi connectivity index (χ4v) is 1.55. The molecule has 4 N–H and O–H groups in total. The zero-order valence-corrected chi connectivity index (χ0v) is 10.1. The first-order chi connectivity index (χ1) is 8.63. The molecule has 0 aromatic rings. The van der Waals surface area contributed by atoms with E-state index in [0.717, 1.165) is 13.1 Å². The van der Waals surface area contributed by atoms with Gasteiger partial charge in [-0.2, -0.15) is 0 Å². The second-order valence-electron chi connectivity index (χ2n) is 3.93. The van der Waals surface area contributed by atoms with Crippen molar-refractivity contribution in [1.82, 2.24) is 15.5 Å². The first-order valence-corrected chi connectivity index (χ1v) is 5.81. The number of nitrogens with zero attached hydrogens (tertiary/aromatic N) is 1. The Morgan fingerprint density at radius 3 is 2.56 bits per heavy atom. The Labute approximate surface area is 105 Å². The minimum absolute atomic E-state index is 0.420. The number of morpholine rings is 1. The molecule has 0 aromatic carbocycles. The van der Waals surface area contributed by atoms with E-state index in [-0.39, 0.29) is 0 Å².